The van der Waals surface area contributed by atoms with Gasteiger partial charge in [-0.15, -0.1) is 11.6 Å². The van der Waals surface area contributed by atoms with E-state index in [0.29, 0.717) is 12.3 Å². The summed E-state index contributed by atoms with van der Waals surface area (Å²) in [4.78, 5) is 0. The number of hydrogen-bond acceptors (Lipinski definition) is 2. The highest BCUT2D eigenvalue weighted by atomic mass is 35.5. The van der Waals surface area contributed by atoms with Crippen LogP contribution in [0.3, 0.4) is 0 Å². The number of ether oxygens (including phenoxy) is 1. The van der Waals surface area contributed by atoms with Gasteiger partial charge in [-0.2, -0.15) is 0 Å². The van der Waals surface area contributed by atoms with E-state index in [1.54, 1.807) is 6.07 Å². The Bertz CT molecular complexity index is 347. The molecule has 2 nitrogen and oxygen atoms in total. The summed E-state index contributed by atoms with van der Waals surface area (Å²) in [6.07, 6.45) is 4.60. The Hall–Kier alpha value is -0.800. The highest BCUT2D eigenvalue weighted by Gasteiger charge is 2.02. The fourth-order valence-corrected chi connectivity index (χ4v) is 1.94. The van der Waals surface area contributed by atoms with Gasteiger partial charge in [0.25, 0.3) is 0 Å². The van der Waals surface area contributed by atoms with Gasteiger partial charge in [-0.3, -0.25) is 0 Å². The Kier molecular flexibility index (Phi) is 7.78. The van der Waals surface area contributed by atoms with Crippen molar-refractivity contribution >= 4 is 11.6 Å². The van der Waals surface area contributed by atoms with Crippen molar-refractivity contribution in [3.05, 3.63) is 29.6 Å². The summed E-state index contributed by atoms with van der Waals surface area (Å²) in [6.45, 7) is 1.65. The molecule has 0 atom stereocenters. The molecule has 1 N–H and O–H groups in total. The molecule has 0 unspecified atom stereocenters. The van der Waals surface area contributed by atoms with Crippen LogP contribution in [0.5, 0.6) is 5.75 Å². The first-order valence-corrected chi connectivity index (χ1v) is 6.90. The summed E-state index contributed by atoms with van der Waals surface area (Å²) in [6, 6.07) is 5.05. The molecular formula is C14H21ClFNO. The Morgan fingerprint density at radius 3 is 2.67 bits per heavy atom. The van der Waals surface area contributed by atoms with E-state index in [4.69, 9.17) is 16.3 Å². The molecule has 18 heavy (non-hydrogen) atoms. The van der Waals surface area contributed by atoms with Crippen molar-refractivity contribution in [2.24, 2.45) is 0 Å². The summed E-state index contributed by atoms with van der Waals surface area (Å²) >= 11 is 5.60. The number of unbranched alkanes of at least 4 members (excludes halogenated alkanes) is 3. The second kappa shape index (κ2) is 9.17. The van der Waals surface area contributed by atoms with Crippen LogP contribution in [-0.4, -0.2) is 19.5 Å². The predicted octanol–water partition coefficient (Wildman–Crippen LogP) is 3.72. The van der Waals surface area contributed by atoms with E-state index < -0.39 is 0 Å². The zero-order valence-electron chi connectivity index (χ0n) is 10.8. The van der Waals surface area contributed by atoms with E-state index in [9.17, 15) is 4.39 Å². The lowest BCUT2D eigenvalue weighted by Crippen LogP contribution is -2.14. The Balaban J connectivity index is 2.17. The molecule has 0 spiro atoms. The number of hydrogen-bond donors (Lipinski definition) is 1. The molecule has 1 aromatic rings. The van der Waals surface area contributed by atoms with Gasteiger partial charge in [0.2, 0.25) is 0 Å². The number of rotatable bonds is 9. The van der Waals surface area contributed by atoms with Gasteiger partial charge in [-0.1, -0.05) is 18.9 Å². The molecule has 0 bridgehead atoms. The summed E-state index contributed by atoms with van der Waals surface area (Å²) < 4.78 is 18.3. The van der Waals surface area contributed by atoms with Gasteiger partial charge >= 0.3 is 0 Å². The third-order valence-corrected chi connectivity index (χ3v) is 3.05. The van der Waals surface area contributed by atoms with Gasteiger partial charge in [0.1, 0.15) is 0 Å². The number of methoxy groups -OCH3 is 1. The van der Waals surface area contributed by atoms with Crippen LogP contribution in [0.2, 0.25) is 0 Å². The fraction of sp³-hybridized carbons (Fsp3) is 0.571. The van der Waals surface area contributed by atoms with Crippen molar-refractivity contribution in [1.82, 2.24) is 5.32 Å². The van der Waals surface area contributed by atoms with Crippen LogP contribution in [0.4, 0.5) is 4.39 Å². The molecule has 0 saturated heterocycles. The second-order valence-corrected chi connectivity index (χ2v) is 4.63. The SMILES string of the molecule is COc1ccc(CNCCCCCCCl)cc1F. The molecule has 4 heteroatoms. The van der Waals surface area contributed by atoms with Crippen LogP contribution < -0.4 is 10.1 Å². The third kappa shape index (κ3) is 5.69. The van der Waals surface area contributed by atoms with Crippen LogP contribution in [0.15, 0.2) is 18.2 Å². The molecule has 0 aromatic heterocycles. The zero-order valence-corrected chi connectivity index (χ0v) is 11.6. The molecule has 0 amide bonds. The molecule has 0 aliphatic carbocycles. The van der Waals surface area contributed by atoms with Crippen LogP contribution >= 0.6 is 11.6 Å². The van der Waals surface area contributed by atoms with Gasteiger partial charge in [0.15, 0.2) is 11.6 Å². The Labute approximate surface area is 113 Å². The first kappa shape index (κ1) is 15.3. The quantitative estimate of drug-likeness (QED) is 0.547. The second-order valence-electron chi connectivity index (χ2n) is 4.25. The maximum absolute atomic E-state index is 13.4. The van der Waals surface area contributed by atoms with Crippen LogP contribution in [-0.2, 0) is 6.54 Å². The van der Waals surface area contributed by atoms with Crippen molar-refractivity contribution in [3.8, 4) is 5.75 Å². The third-order valence-electron chi connectivity index (χ3n) is 2.78. The molecule has 0 aliphatic rings. The minimum Gasteiger partial charge on any atom is -0.494 e. The average molecular weight is 274 g/mol. The maximum Gasteiger partial charge on any atom is 0.165 e. The molecule has 1 rings (SSSR count). The summed E-state index contributed by atoms with van der Waals surface area (Å²) in [7, 11) is 1.47. The number of benzene rings is 1. The molecule has 0 fully saturated rings. The lowest BCUT2D eigenvalue weighted by molar-refractivity contribution is 0.386. The van der Waals surface area contributed by atoms with Crippen molar-refractivity contribution in [3.63, 3.8) is 0 Å². The Morgan fingerprint density at radius 1 is 1.22 bits per heavy atom. The number of nitrogens with one attached hydrogen (secondary N) is 1. The van der Waals surface area contributed by atoms with Crippen molar-refractivity contribution in [2.45, 2.75) is 32.2 Å². The van der Waals surface area contributed by atoms with E-state index in [0.717, 1.165) is 30.8 Å². The topological polar surface area (TPSA) is 21.3 Å². The summed E-state index contributed by atoms with van der Waals surface area (Å²) in [5.41, 5.74) is 0.939. The lowest BCUT2D eigenvalue weighted by Gasteiger charge is -2.07. The molecule has 102 valence electrons. The van der Waals surface area contributed by atoms with Gasteiger partial charge in [-0.25, -0.2) is 4.39 Å². The normalized spacial score (nSPS) is 10.6. The van der Waals surface area contributed by atoms with E-state index in [1.165, 1.54) is 26.0 Å². The van der Waals surface area contributed by atoms with Gasteiger partial charge in [0.05, 0.1) is 7.11 Å². The first-order chi connectivity index (χ1) is 8.77. The minimum absolute atomic E-state index is 0.292. The van der Waals surface area contributed by atoms with Crippen LogP contribution in [0.25, 0.3) is 0 Å². The number of alkyl halides is 1. The molecule has 0 saturated carbocycles. The largest absolute Gasteiger partial charge is 0.494 e. The van der Waals surface area contributed by atoms with Crippen molar-refractivity contribution in [2.75, 3.05) is 19.5 Å². The summed E-state index contributed by atoms with van der Waals surface area (Å²) in [5, 5.41) is 3.30. The standard InChI is InChI=1S/C14H21ClFNO/c1-18-14-7-6-12(10-13(14)16)11-17-9-5-3-2-4-8-15/h6-7,10,17H,2-5,8-9,11H2,1H3. The molecule has 1 aromatic carbocycles. The van der Waals surface area contributed by atoms with Crippen molar-refractivity contribution in [1.29, 1.82) is 0 Å². The average Bonchev–Trinajstić information content (AvgIpc) is 2.38. The monoisotopic (exact) mass is 273 g/mol. The number of halogens is 2. The molecular weight excluding hydrogens is 253 g/mol. The van der Waals surface area contributed by atoms with Crippen molar-refractivity contribution < 1.29 is 9.13 Å². The first-order valence-electron chi connectivity index (χ1n) is 6.37. The molecule has 0 heterocycles. The lowest BCUT2D eigenvalue weighted by atomic mass is 10.2. The van der Waals surface area contributed by atoms with E-state index in [-0.39, 0.29) is 5.82 Å². The minimum atomic E-state index is -0.307. The van der Waals surface area contributed by atoms with Gasteiger partial charge in [-0.05, 0) is 37.1 Å². The van der Waals surface area contributed by atoms with Crippen LogP contribution in [0, 0.1) is 5.82 Å². The summed E-state index contributed by atoms with van der Waals surface area (Å²) in [5.74, 6) is 0.734. The predicted molar refractivity (Wildman–Crippen MR) is 73.8 cm³/mol. The Morgan fingerprint density at radius 2 is 2.00 bits per heavy atom. The zero-order chi connectivity index (χ0) is 13.2. The highest BCUT2D eigenvalue weighted by molar-refractivity contribution is 6.17. The van der Waals surface area contributed by atoms with E-state index >= 15 is 0 Å². The maximum atomic E-state index is 13.4. The molecule has 0 aliphatic heterocycles. The highest BCUT2D eigenvalue weighted by Crippen LogP contribution is 2.17. The molecule has 0 radical (unpaired) electrons. The fourth-order valence-electron chi connectivity index (χ4n) is 1.75. The van der Waals surface area contributed by atoms with E-state index in [2.05, 4.69) is 5.32 Å². The van der Waals surface area contributed by atoms with E-state index in [1.807, 2.05) is 6.07 Å². The van der Waals surface area contributed by atoms with Gasteiger partial charge < -0.3 is 10.1 Å². The van der Waals surface area contributed by atoms with Crippen LogP contribution in [0.1, 0.15) is 31.2 Å². The smallest absolute Gasteiger partial charge is 0.165 e. The van der Waals surface area contributed by atoms with Gasteiger partial charge in [0, 0.05) is 12.4 Å².